The molecule has 13 heteroatoms. The number of methoxy groups -OCH3 is 1. The van der Waals surface area contributed by atoms with Gasteiger partial charge in [0.1, 0.15) is 11.6 Å². The van der Waals surface area contributed by atoms with Crippen molar-refractivity contribution in [2.24, 2.45) is 0 Å². The number of hydrogen-bond acceptors (Lipinski definition) is 8. The molecule has 2 rings (SSSR count). The van der Waals surface area contributed by atoms with Gasteiger partial charge in [-0.25, -0.2) is 4.98 Å². The molecule has 1 heterocycles. The summed E-state index contributed by atoms with van der Waals surface area (Å²) in [5, 5.41) is 21.8. The molecule has 0 saturated heterocycles. The van der Waals surface area contributed by atoms with Gasteiger partial charge in [-0.15, -0.1) is 12.4 Å². The molecule has 0 fully saturated rings. The molecule has 0 unspecified atom stereocenters. The molecule has 0 spiro atoms. The molecular formula is C24H35ClF3N5O4. The number of aliphatic hydroxyl groups excluding tert-OH is 1. The molecule has 0 saturated carbocycles. The number of aromatic nitrogens is 2. The first-order valence-electron chi connectivity index (χ1n) is 11.6. The van der Waals surface area contributed by atoms with E-state index in [0.717, 1.165) is 28.9 Å². The summed E-state index contributed by atoms with van der Waals surface area (Å²) in [7, 11) is 1.46. The number of alkyl halides is 3. The average Bonchev–Trinajstić information content (AvgIpc) is 2.75. The Bertz CT molecular complexity index is 1020. The van der Waals surface area contributed by atoms with Gasteiger partial charge < -0.3 is 26.0 Å². The Morgan fingerprint density at radius 3 is 2.54 bits per heavy atom. The van der Waals surface area contributed by atoms with Crippen molar-refractivity contribution in [3.8, 4) is 5.75 Å². The highest BCUT2D eigenvalue weighted by Crippen LogP contribution is 2.29. The van der Waals surface area contributed by atoms with Gasteiger partial charge in [0.2, 0.25) is 5.95 Å². The Morgan fingerprint density at radius 1 is 1.27 bits per heavy atom. The van der Waals surface area contributed by atoms with Gasteiger partial charge in [-0.05, 0) is 37.0 Å². The fourth-order valence-corrected chi connectivity index (χ4v) is 4.03. The molecule has 0 aliphatic rings. The van der Waals surface area contributed by atoms with Crippen molar-refractivity contribution in [3.63, 3.8) is 0 Å². The van der Waals surface area contributed by atoms with Gasteiger partial charge in [-0.2, -0.15) is 18.2 Å². The first-order valence-corrected chi connectivity index (χ1v) is 11.6. The summed E-state index contributed by atoms with van der Waals surface area (Å²) in [6, 6.07) is 4.98. The predicted molar refractivity (Wildman–Crippen MR) is 137 cm³/mol. The fraction of sp³-hybridized carbons (Fsp3) is 0.542. The minimum atomic E-state index is -4.53. The molecule has 1 aromatic heterocycles. The minimum Gasteiger partial charge on any atom is -0.496 e. The number of halogens is 4. The van der Waals surface area contributed by atoms with Gasteiger partial charge in [0.05, 0.1) is 20.2 Å². The molecule has 208 valence electrons. The number of carboxylic acid groups (broad SMARTS) is 1. The minimum absolute atomic E-state index is 0. The van der Waals surface area contributed by atoms with E-state index in [2.05, 4.69) is 15.3 Å². The third-order valence-electron chi connectivity index (χ3n) is 5.57. The van der Waals surface area contributed by atoms with Crippen LogP contribution in [0.1, 0.15) is 48.6 Å². The number of aliphatic carboxylic acids is 1. The van der Waals surface area contributed by atoms with Crippen LogP contribution in [0, 0.1) is 6.92 Å². The van der Waals surface area contributed by atoms with Crippen molar-refractivity contribution in [1.29, 1.82) is 0 Å². The van der Waals surface area contributed by atoms with Crippen molar-refractivity contribution in [2.75, 3.05) is 37.9 Å². The second-order valence-electron chi connectivity index (χ2n) is 8.61. The lowest BCUT2D eigenvalue weighted by molar-refractivity contribution is -0.154. The Kier molecular flexibility index (Phi) is 12.9. The van der Waals surface area contributed by atoms with E-state index in [1.54, 1.807) is 25.1 Å². The van der Waals surface area contributed by atoms with E-state index in [1.807, 2.05) is 6.92 Å². The number of carboxylic acids is 1. The van der Waals surface area contributed by atoms with Gasteiger partial charge in [0.25, 0.3) is 0 Å². The number of aryl methyl sites for hydroxylation is 1. The molecule has 0 bridgehead atoms. The van der Waals surface area contributed by atoms with Crippen molar-refractivity contribution in [2.45, 2.75) is 58.3 Å². The number of ether oxygens (including phenoxy) is 1. The van der Waals surface area contributed by atoms with Gasteiger partial charge in [0, 0.05) is 36.9 Å². The van der Waals surface area contributed by atoms with Crippen LogP contribution >= 0.6 is 12.4 Å². The number of anilines is 2. The molecule has 2 aromatic rings. The van der Waals surface area contributed by atoms with Crippen molar-refractivity contribution in [3.05, 3.63) is 40.6 Å². The SMILES string of the molecule is CCC[C@@H](CCO)Nc1nc(N)nc(C)c1Cc1ccc(CN(CC(=O)O)CC(F)(F)F)cc1OC.Cl. The summed E-state index contributed by atoms with van der Waals surface area (Å²) >= 11 is 0. The molecule has 0 amide bonds. The number of benzene rings is 1. The summed E-state index contributed by atoms with van der Waals surface area (Å²) in [6.45, 7) is 1.58. The lowest BCUT2D eigenvalue weighted by Crippen LogP contribution is -2.37. The third kappa shape index (κ3) is 10.6. The number of nitrogen functional groups attached to an aromatic ring is 1. The maximum absolute atomic E-state index is 12.9. The van der Waals surface area contributed by atoms with Crippen LogP contribution in [0.15, 0.2) is 18.2 Å². The highest BCUT2D eigenvalue weighted by Gasteiger charge is 2.31. The maximum atomic E-state index is 12.9. The zero-order valence-electron chi connectivity index (χ0n) is 21.1. The average molecular weight is 550 g/mol. The van der Waals surface area contributed by atoms with Crippen molar-refractivity contribution >= 4 is 30.1 Å². The molecule has 0 aliphatic heterocycles. The van der Waals surface area contributed by atoms with E-state index in [-0.39, 0.29) is 37.5 Å². The number of hydrogen-bond donors (Lipinski definition) is 4. The lowest BCUT2D eigenvalue weighted by atomic mass is 10.0. The van der Waals surface area contributed by atoms with Crippen LogP contribution in [-0.2, 0) is 17.8 Å². The molecule has 0 radical (unpaired) electrons. The molecule has 9 nitrogen and oxygen atoms in total. The van der Waals surface area contributed by atoms with Crippen LogP contribution in [0.3, 0.4) is 0 Å². The van der Waals surface area contributed by atoms with Crippen LogP contribution in [0.4, 0.5) is 24.9 Å². The fourth-order valence-electron chi connectivity index (χ4n) is 4.03. The summed E-state index contributed by atoms with van der Waals surface area (Å²) < 4.78 is 44.2. The zero-order chi connectivity index (χ0) is 26.9. The lowest BCUT2D eigenvalue weighted by Gasteiger charge is -2.23. The highest BCUT2D eigenvalue weighted by atomic mass is 35.5. The number of nitrogens with one attached hydrogen (secondary N) is 1. The van der Waals surface area contributed by atoms with Crippen LogP contribution in [0.5, 0.6) is 5.75 Å². The molecular weight excluding hydrogens is 515 g/mol. The van der Waals surface area contributed by atoms with E-state index in [0.29, 0.717) is 35.7 Å². The molecule has 1 aromatic carbocycles. The second kappa shape index (κ2) is 14.8. The molecule has 1 atom stereocenters. The first kappa shape index (κ1) is 32.2. The number of rotatable bonds is 14. The van der Waals surface area contributed by atoms with E-state index in [9.17, 15) is 23.1 Å². The zero-order valence-corrected chi connectivity index (χ0v) is 22.0. The van der Waals surface area contributed by atoms with Gasteiger partial charge in [0.15, 0.2) is 0 Å². The third-order valence-corrected chi connectivity index (χ3v) is 5.57. The largest absolute Gasteiger partial charge is 0.496 e. The van der Waals surface area contributed by atoms with E-state index < -0.39 is 25.2 Å². The molecule has 37 heavy (non-hydrogen) atoms. The number of nitrogens with two attached hydrogens (primary N) is 1. The van der Waals surface area contributed by atoms with Gasteiger partial charge in [-0.3, -0.25) is 9.69 Å². The van der Waals surface area contributed by atoms with Crippen LogP contribution in [0.25, 0.3) is 0 Å². The monoisotopic (exact) mass is 549 g/mol. The van der Waals surface area contributed by atoms with Crippen molar-refractivity contribution < 1.29 is 32.9 Å². The smallest absolute Gasteiger partial charge is 0.401 e. The van der Waals surface area contributed by atoms with E-state index in [1.165, 1.54) is 7.11 Å². The summed E-state index contributed by atoms with van der Waals surface area (Å²) in [5.74, 6) is -0.235. The summed E-state index contributed by atoms with van der Waals surface area (Å²) in [5.41, 5.74) is 8.55. The summed E-state index contributed by atoms with van der Waals surface area (Å²) in [6.07, 6.45) is -1.89. The highest BCUT2D eigenvalue weighted by molar-refractivity contribution is 5.85. The predicted octanol–water partition coefficient (Wildman–Crippen LogP) is 3.80. The molecule has 5 N–H and O–H groups in total. The van der Waals surface area contributed by atoms with Crippen molar-refractivity contribution in [1.82, 2.24) is 14.9 Å². The van der Waals surface area contributed by atoms with Crippen LogP contribution in [-0.4, -0.2) is 70.1 Å². The Morgan fingerprint density at radius 2 is 1.97 bits per heavy atom. The number of nitrogens with zero attached hydrogens (tertiary/aromatic N) is 3. The van der Waals surface area contributed by atoms with E-state index in [4.69, 9.17) is 15.6 Å². The second-order valence-corrected chi connectivity index (χ2v) is 8.61. The quantitative estimate of drug-likeness (QED) is 0.277. The Hall–Kier alpha value is -2.83. The van der Waals surface area contributed by atoms with E-state index >= 15 is 0 Å². The number of carbonyl (C=O) groups is 1. The Balaban J connectivity index is 0.00000684. The number of aliphatic hydroxyl groups is 1. The molecule has 0 aliphatic carbocycles. The van der Waals surface area contributed by atoms with Gasteiger partial charge in [-0.1, -0.05) is 25.5 Å². The first-order chi connectivity index (χ1) is 16.9. The van der Waals surface area contributed by atoms with Crippen LogP contribution in [0.2, 0.25) is 0 Å². The topological polar surface area (TPSA) is 134 Å². The van der Waals surface area contributed by atoms with Gasteiger partial charge >= 0.3 is 12.1 Å². The maximum Gasteiger partial charge on any atom is 0.401 e. The normalized spacial score (nSPS) is 12.2. The van der Waals surface area contributed by atoms with Crippen LogP contribution < -0.4 is 15.8 Å². The Labute approximate surface area is 220 Å². The standard InChI is InChI=1S/C24H34F3N5O4.ClH/c1-4-5-18(8-9-33)30-22-19(15(2)29-23(28)31-22)11-17-7-6-16(10-20(17)36-3)12-32(13-21(34)35)14-24(25,26)27;/h6-7,10,18,33H,4-5,8-9,11-14H2,1-3H3,(H,34,35)(H3,28,29,30,31);1H/t18-;/m0./s1. The summed E-state index contributed by atoms with van der Waals surface area (Å²) in [4.78, 5) is 20.5.